The van der Waals surface area contributed by atoms with E-state index in [9.17, 15) is 0 Å². The van der Waals surface area contributed by atoms with Gasteiger partial charge in [0, 0.05) is 11.7 Å². The van der Waals surface area contributed by atoms with Gasteiger partial charge in [-0.15, -0.1) is 0 Å². The fourth-order valence-corrected chi connectivity index (χ4v) is 3.82. The molecular formula is C17H22N2OS. The van der Waals surface area contributed by atoms with Crippen molar-refractivity contribution < 1.29 is 4.74 Å². The fraction of sp³-hybridized carbons (Fsp3) is 0.471. The molecular weight excluding hydrogens is 280 g/mol. The van der Waals surface area contributed by atoms with Crippen molar-refractivity contribution in [3.63, 3.8) is 0 Å². The maximum Gasteiger partial charge on any atom is 0.171 e. The first-order valence-corrected chi connectivity index (χ1v) is 8.06. The van der Waals surface area contributed by atoms with Gasteiger partial charge in [-0.1, -0.05) is 19.1 Å². The van der Waals surface area contributed by atoms with E-state index in [0.29, 0.717) is 12.6 Å². The SMILES string of the molecule is C=CCOc1ccc(NC(=S)N[C@H]2C[C@H]3CC[C@@H]2C3)cc1. The van der Waals surface area contributed by atoms with Crippen LogP contribution in [0.5, 0.6) is 5.75 Å². The van der Waals surface area contributed by atoms with Crippen molar-refractivity contribution in [2.24, 2.45) is 11.8 Å². The molecule has 0 radical (unpaired) electrons. The van der Waals surface area contributed by atoms with Crippen LogP contribution in [0.3, 0.4) is 0 Å². The van der Waals surface area contributed by atoms with E-state index in [-0.39, 0.29) is 0 Å². The van der Waals surface area contributed by atoms with E-state index >= 15 is 0 Å². The van der Waals surface area contributed by atoms with Gasteiger partial charge in [-0.25, -0.2) is 0 Å². The molecule has 1 aromatic carbocycles. The van der Waals surface area contributed by atoms with Crippen LogP contribution >= 0.6 is 12.2 Å². The van der Waals surface area contributed by atoms with Crippen LogP contribution < -0.4 is 15.4 Å². The summed E-state index contributed by atoms with van der Waals surface area (Å²) < 4.78 is 5.46. The summed E-state index contributed by atoms with van der Waals surface area (Å²) in [5, 5.41) is 7.47. The molecule has 2 bridgehead atoms. The third kappa shape index (κ3) is 3.56. The van der Waals surface area contributed by atoms with Crippen molar-refractivity contribution in [2.45, 2.75) is 31.7 Å². The molecule has 3 rings (SSSR count). The van der Waals surface area contributed by atoms with Crippen LogP contribution in [-0.4, -0.2) is 17.8 Å². The van der Waals surface area contributed by atoms with E-state index < -0.39 is 0 Å². The highest BCUT2D eigenvalue weighted by Crippen LogP contribution is 2.44. The van der Waals surface area contributed by atoms with Gasteiger partial charge < -0.3 is 15.4 Å². The standard InChI is InChI=1S/C17H22N2OS/c1-2-9-20-15-7-5-14(6-8-15)18-17(21)19-16-11-12-3-4-13(16)10-12/h2,5-8,12-13,16H,1,3-4,9-11H2,(H2,18,19,21)/t12-,13+,16-/m0/s1. The number of ether oxygens (including phenoxy) is 1. The lowest BCUT2D eigenvalue weighted by Gasteiger charge is -2.24. The molecule has 0 aromatic heterocycles. The number of hydrogen-bond donors (Lipinski definition) is 2. The molecule has 0 saturated heterocycles. The minimum absolute atomic E-state index is 0.525. The summed E-state index contributed by atoms with van der Waals surface area (Å²) in [5.74, 6) is 2.59. The van der Waals surface area contributed by atoms with E-state index in [0.717, 1.165) is 28.4 Å². The highest BCUT2D eigenvalue weighted by Gasteiger charge is 2.39. The summed E-state index contributed by atoms with van der Waals surface area (Å²) in [5.41, 5.74) is 0.988. The molecule has 0 heterocycles. The number of anilines is 1. The van der Waals surface area contributed by atoms with Gasteiger partial charge in [-0.05, 0) is 67.6 Å². The molecule has 4 heteroatoms. The van der Waals surface area contributed by atoms with Crippen LogP contribution in [0.2, 0.25) is 0 Å². The van der Waals surface area contributed by atoms with Crippen molar-refractivity contribution in [3.05, 3.63) is 36.9 Å². The average Bonchev–Trinajstić information content (AvgIpc) is 3.09. The molecule has 0 unspecified atom stereocenters. The van der Waals surface area contributed by atoms with Gasteiger partial charge in [0.2, 0.25) is 0 Å². The first kappa shape index (κ1) is 14.4. The minimum atomic E-state index is 0.525. The van der Waals surface area contributed by atoms with Crippen LogP contribution in [0.4, 0.5) is 5.69 Å². The monoisotopic (exact) mass is 302 g/mol. The quantitative estimate of drug-likeness (QED) is 0.641. The maximum absolute atomic E-state index is 5.46. The molecule has 2 aliphatic rings. The van der Waals surface area contributed by atoms with Gasteiger partial charge in [-0.3, -0.25) is 0 Å². The van der Waals surface area contributed by atoms with E-state index in [1.165, 1.54) is 25.7 Å². The van der Waals surface area contributed by atoms with E-state index in [1.807, 2.05) is 24.3 Å². The highest BCUT2D eigenvalue weighted by atomic mass is 32.1. The second kappa shape index (κ2) is 6.48. The first-order chi connectivity index (χ1) is 10.2. The molecule has 0 amide bonds. The fourth-order valence-electron chi connectivity index (χ4n) is 3.55. The summed E-state index contributed by atoms with van der Waals surface area (Å²) in [6.45, 7) is 4.16. The molecule has 2 fully saturated rings. The summed E-state index contributed by atoms with van der Waals surface area (Å²) in [7, 11) is 0. The Labute approximate surface area is 131 Å². The summed E-state index contributed by atoms with van der Waals surface area (Å²) in [4.78, 5) is 0. The largest absolute Gasteiger partial charge is 0.490 e. The Morgan fingerprint density at radius 1 is 1.29 bits per heavy atom. The Balaban J connectivity index is 1.49. The van der Waals surface area contributed by atoms with Gasteiger partial charge in [0.05, 0.1) is 0 Å². The maximum atomic E-state index is 5.46. The van der Waals surface area contributed by atoms with Crippen molar-refractivity contribution >= 4 is 23.0 Å². The lowest BCUT2D eigenvalue weighted by atomic mass is 9.96. The Morgan fingerprint density at radius 3 is 2.71 bits per heavy atom. The van der Waals surface area contributed by atoms with Crippen LogP contribution in [0.25, 0.3) is 0 Å². The number of rotatable bonds is 5. The zero-order valence-corrected chi connectivity index (χ0v) is 13.0. The molecule has 112 valence electrons. The molecule has 2 N–H and O–H groups in total. The molecule has 0 aliphatic heterocycles. The van der Waals surface area contributed by atoms with Gasteiger partial charge in [0.1, 0.15) is 12.4 Å². The highest BCUT2D eigenvalue weighted by molar-refractivity contribution is 7.80. The molecule has 2 aliphatic carbocycles. The van der Waals surface area contributed by atoms with Crippen molar-refractivity contribution in [1.29, 1.82) is 0 Å². The van der Waals surface area contributed by atoms with Crippen LogP contribution in [0.15, 0.2) is 36.9 Å². The molecule has 3 nitrogen and oxygen atoms in total. The molecule has 21 heavy (non-hydrogen) atoms. The number of benzene rings is 1. The van der Waals surface area contributed by atoms with E-state index in [1.54, 1.807) is 6.08 Å². The molecule has 0 spiro atoms. The number of nitrogens with one attached hydrogen (secondary N) is 2. The summed E-state index contributed by atoms with van der Waals surface area (Å²) in [6, 6.07) is 8.40. The lowest BCUT2D eigenvalue weighted by molar-refractivity contribution is 0.363. The van der Waals surface area contributed by atoms with Crippen molar-refractivity contribution in [3.8, 4) is 5.75 Å². The predicted molar refractivity (Wildman–Crippen MR) is 90.7 cm³/mol. The van der Waals surface area contributed by atoms with Gasteiger partial charge >= 0.3 is 0 Å². The zero-order valence-electron chi connectivity index (χ0n) is 12.2. The van der Waals surface area contributed by atoms with Crippen molar-refractivity contribution in [2.75, 3.05) is 11.9 Å². The molecule has 2 saturated carbocycles. The van der Waals surface area contributed by atoms with Crippen LogP contribution in [-0.2, 0) is 0 Å². The van der Waals surface area contributed by atoms with Crippen LogP contribution in [0.1, 0.15) is 25.7 Å². The summed E-state index contributed by atoms with van der Waals surface area (Å²) in [6.07, 6.45) is 7.17. The molecule has 1 aromatic rings. The van der Waals surface area contributed by atoms with E-state index in [2.05, 4.69) is 17.2 Å². The lowest BCUT2D eigenvalue weighted by Crippen LogP contribution is -2.40. The average molecular weight is 302 g/mol. The van der Waals surface area contributed by atoms with E-state index in [4.69, 9.17) is 17.0 Å². The smallest absolute Gasteiger partial charge is 0.171 e. The molecule has 3 atom stereocenters. The Hall–Kier alpha value is -1.55. The van der Waals surface area contributed by atoms with Gasteiger partial charge in [0.25, 0.3) is 0 Å². The Bertz CT molecular complexity index is 514. The number of fused-ring (bicyclic) bond motifs is 2. The minimum Gasteiger partial charge on any atom is -0.490 e. The Morgan fingerprint density at radius 2 is 2.10 bits per heavy atom. The number of thiocarbonyl (C=S) groups is 1. The topological polar surface area (TPSA) is 33.3 Å². The predicted octanol–water partition coefficient (Wildman–Crippen LogP) is 3.73. The second-order valence-electron chi connectivity index (χ2n) is 6.00. The normalized spacial score (nSPS) is 26.4. The second-order valence-corrected chi connectivity index (χ2v) is 6.41. The summed E-state index contributed by atoms with van der Waals surface area (Å²) >= 11 is 5.42. The third-order valence-corrected chi connectivity index (χ3v) is 4.75. The third-order valence-electron chi connectivity index (χ3n) is 4.53. The van der Waals surface area contributed by atoms with Crippen molar-refractivity contribution in [1.82, 2.24) is 5.32 Å². The zero-order chi connectivity index (χ0) is 14.7. The Kier molecular flexibility index (Phi) is 4.44. The first-order valence-electron chi connectivity index (χ1n) is 7.66. The van der Waals surface area contributed by atoms with Crippen LogP contribution in [0, 0.1) is 11.8 Å². The number of hydrogen-bond acceptors (Lipinski definition) is 2. The van der Waals surface area contributed by atoms with Gasteiger partial charge in [-0.2, -0.15) is 0 Å². The van der Waals surface area contributed by atoms with Gasteiger partial charge in [0.15, 0.2) is 5.11 Å².